The molecule has 0 aliphatic rings. The van der Waals surface area contributed by atoms with Crippen LogP contribution in [0, 0.1) is 10.1 Å². The summed E-state index contributed by atoms with van der Waals surface area (Å²) in [4.78, 5) is 21.7. The molecule has 1 amide bonds. The zero-order chi connectivity index (χ0) is 19.3. The molecule has 2 aromatic rings. The summed E-state index contributed by atoms with van der Waals surface area (Å²) in [5, 5.41) is 24.3. The molecule has 0 aliphatic carbocycles. The number of amides is 1. The summed E-state index contributed by atoms with van der Waals surface area (Å²) in [5.74, 6) is -0.944. The van der Waals surface area contributed by atoms with Gasteiger partial charge in [0.25, 0.3) is 5.91 Å². The van der Waals surface area contributed by atoms with E-state index in [1.165, 1.54) is 24.4 Å². The summed E-state index contributed by atoms with van der Waals surface area (Å²) in [6.45, 7) is -0.413. The van der Waals surface area contributed by atoms with Crippen molar-refractivity contribution in [3.63, 3.8) is 0 Å². The lowest BCUT2D eigenvalue weighted by atomic mass is 10.2. The van der Waals surface area contributed by atoms with Crippen LogP contribution in [-0.2, 0) is 4.79 Å². The molecule has 0 bridgehead atoms. The van der Waals surface area contributed by atoms with Crippen LogP contribution >= 0.6 is 34.8 Å². The minimum absolute atomic E-state index is 0.115. The number of aromatic hydroxyl groups is 1. The highest BCUT2D eigenvalue weighted by Crippen LogP contribution is 2.35. The van der Waals surface area contributed by atoms with E-state index in [1.807, 2.05) is 0 Å². The lowest BCUT2D eigenvalue weighted by Gasteiger charge is -2.08. The molecule has 0 atom stereocenters. The van der Waals surface area contributed by atoms with Crippen molar-refractivity contribution < 1.29 is 19.6 Å². The third kappa shape index (κ3) is 5.22. The normalized spacial score (nSPS) is 10.7. The Labute approximate surface area is 162 Å². The van der Waals surface area contributed by atoms with Crippen molar-refractivity contribution in [1.82, 2.24) is 5.43 Å². The van der Waals surface area contributed by atoms with Gasteiger partial charge in [-0.25, -0.2) is 5.43 Å². The monoisotopic (exact) mass is 417 g/mol. The van der Waals surface area contributed by atoms with Gasteiger partial charge in [-0.1, -0.05) is 34.8 Å². The molecule has 8 nitrogen and oxygen atoms in total. The van der Waals surface area contributed by atoms with Gasteiger partial charge in [-0.05, 0) is 18.2 Å². The number of carbonyl (C=O) groups excluding carboxylic acids is 1. The maximum absolute atomic E-state index is 11.7. The van der Waals surface area contributed by atoms with E-state index < -0.39 is 28.9 Å². The maximum atomic E-state index is 11.7. The van der Waals surface area contributed by atoms with Crippen LogP contribution in [0.1, 0.15) is 5.56 Å². The maximum Gasteiger partial charge on any atom is 0.311 e. The lowest BCUT2D eigenvalue weighted by Crippen LogP contribution is -2.24. The number of hydrazone groups is 1. The number of hydrogen-bond donors (Lipinski definition) is 2. The van der Waals surface area contributed by atoms with Gasteiger partial charge in [-0.2, -0.15) is 5.10 Å². The van der Waals surface area contributed by atoms with Gasteiger partial charge in [0.05, 0.1) is 16.2 Å². The van der Waals surface area contributed by atoms with Crippen LogP contribution in [0.4, 0.5) is 5.69 Å². The Hall–Kier alpha value is -2.55. The van der Waals surface area contributed by atoms with Crippen LogP contribution < -0.4 is 10.2 Å². The molecule has 2 rings (SSSR count). The number of ether oxygens (including phenoxy) is 1. The fourth-order valence-electron chi connectivity index (χ4n) is 1.76. The summed E-state index contributed by atoms with van der Waals surface area (Å²) in [6, 6.07) is 6.48. The quantitative estimate of drug-likeness (QED) is 0.321. The molecular formula is C15H10Cl3N3O5. The number of phenols is 1. The Morgan fingerprint density at radius 1 is 1.31 bits per heavy atom. The summed E-state index contributed by atoms with van der Waals surface area (Å²) < 4.78 is 5.22. The molecule has 11 heteroatoms. The Kier molecular flexibility index (Phi) is 6.62. The minimum atomic E-state index is -0.737. The predicted molar refractivity (Wildman–Crippen MR) is 97.5 cm³/mol. The standard InChI is InChI=1S/C15H10Cl3N3O5/c16-9-4-10(17)15(18)13(5-9)26-7-14(23)20-19-6-8-1-2-12(22)11(3-8)21(24)25/h1-6,22H,7H2,(H,20,23)/b19-6-. The van der Waals surface area contributed by atoms with E-state index in [0.29, 0.717) is 10.6 Å². The van der Waals surface area contributed by atoms with Crippen LogP contribution in [0.25, 0.3) is 0 Å². The van der Waals surface area contributed by atoms with Crippen LogP contribution in [-0.4, -0.2) is 28.8 Å². The van der Waals surface area contributed by atoms with Crippen molar-refractivity contribution in [3.8, 4) is 11.5 Å². The molecule has 0 saturated carbocycles. The summed E-state index contributed by atoms with van der Waals surface area (Å²) in [5.41, 5.74) is 2.01. The van der Waals surface area contributed by atoms with Gasteiger partial charge in [-0.15, -0.1) is 0 Å². The third-order valence-corrected chi connectivity index (χ3v) is 3.92. The zero-order valence-corrected chi connectivity index (χ0v) is 15.0. The highest BCUT2D eigenvalue weighted by Gasteiger charge is 2.13. The number of hydrogen-bond acceptors (Lipinski definition) is 6. The summed E-state index contributed by atoms with van der Waals surface area (Å²) >= 11 is 17.6. The summed E-state index contributed by atoms with van der Waals surface area (Å²) in [7, 11) is 0. The zero-order valence-electron chi connectivity index (χ0n) is 12.8. The second-order valence-electron chi connectivity index (χ2n) is 4.79. The van der Waals surface area contributed by atoms with Gasteiger partial charge in [-0.3, -0.25) is 14.9 Å². The van der Waals surface area contributed by atoms with Gasteiger partial charge in [0.15, 0.2) is 12.4 Å². The van der Waals surface area contributed by atoms with Gasteiger partial charge in [0, 0.05) is 22.7 Å². The number of nitro groups is 1. The molecule has 0 spiro atoms. The van der Waals surface area contributed by atoms with Crippen LogP contribution in [0.2, 0.25) is 15.1 Å². The molecule has 136 valence electrons. The topological polar surface area (TPSA) is 114 Å². The first-order valence-corrected chi connectivity index (χ1v) is 7.98. The molecular weight excluding hydrogens is 409 g/mol. The smallest absolute Gasteiger partial charge is 0.311 e. The number of nitrogens with zero attached hydrogens (tertiary/aromatic N) is 2. The van der Waals surface area contributed by atoms with Crippen molar-refractivity contribution in [2.24, 2.45) is 5.10 Å². The fraction of sp³-hybridized carbons (Fsp3) is 0.0667. The predicted octanol–water partition coefficient (Wildman–Crippen LogP) is 3.79. The number of rotatable bonds is 6. The van der Waals surface area contributed by atoms with Crippen LogP contribution in [0.15, 0.2) is 35.4 Å². The number of benzene rings is 2. The molecule has 2 aromatic carbocycles. The van der Waals surface area contributed by atoms with Crippen molar-refractivity contribution in [3.05, 3.63) is 61.1 Å². The van der Waals surface area contributed by atoms with Crippen molar-refractivity contribution in [2.75, 3.05) is 6.61 Å². The van der Waals surface area contributed by atoms with Gasteiger partial charge in [0.2, 0.25) is 0 Å². The number of nitro benzene ring substituents is 1. The van der Waals surface area contributed by atoms with Gasteiger partial charge >= 0.3 is 5.69 Å². The Bertz CT molecular complexity index is 889. The van der Waals surface area contributed by atoms with E-state index in [2.05, 4.69) is 10.5 Å². The molecule has 2 N–H and O–H groups in total. The van der Waals surface area contributed by atoms with E-state index in [4.69, 9.17) is 39.5 Å². The second-order valence-corrected chi connectivity index (χ2v) is 6.01. The van der Waals surface area contributed by atoms with E-state index in [0.717, 1.165) is 12.1 Å². The first-order chi connectivity index (χ1) is 12.3. The van der Waals surface area contributed by atoms with Crippen molar-refractivity contribution >= 4 is 52.6 Å². The molecule has 26 heavy (non-hydrogen) atoms. The third-order valence-electron chi connectivity index (χ3n) is 2.92. The van der Waals surface area contributed by atoms with E-state index >= 15 is 0 Å². The molecule has 0 aromatic heterocycles. The average Bonchev–Trinajstić information content (AvgIpc) is 2.58. The average molecular weight is 419 g/mol. The lowest BCUT2D eigenvalue weighted by molar-refractivity contribution is -0.385. The van der Waals surface area contributed by atoms with Crippen LogP contribution in [0.3, 0.4) is 0 Å². The number of phenolic OH excluding ortho intramolecular Hbond substituents is 1. The van der Waals surface area contributed by atoms with Crippen LogP contribution in [0.5, 0.6) is 11.5 Å². The SMILES string of the molecule is O=C(COc1cc(Cl)cc(Cl)c1Cl)N/N=C\c1ccc(O)c([N+](=O)[O-])c1. The largest absolute Gasteiger partial charge is 0.502 e. The minimum Gasteiger partial charge on any atom is -0.502 e. The molecule has 0 radical (unpaired) electrons. The molecule has 0 heterocycles. The van der Waals surface area contributed by atoms with E-state index in [9.17, 15) is 20.0 Å². The van der Waals surface area contributed by atoms with Gasteiger partial charge in [0.1, 0.15) is 10.8 Å². The Morgan fingerprint density at radius 2 is 2.04 bits per heavy atom. The molecule has 0 aliphatic heterocycles. The van der Waals surface area contributed by atoms with Gasteiger partial charge < -0.3 is 9.84 Å². The molecule has 0 saturated heterocycles. The molecule has 0 unspecified atom stereocenters. The first kappa shape index (κ1) is 19.8. The van der Waals surface area contributed by atoms with Crippen molar-refractivity contribution in [1.29, 1.82) is 0 Å². The highest BCUT2D eigenvalue weighted by molar-refractivity contribution is 6.44. The highest BCUT2D eigenvalue weighted by atomic mass is 35.5. The second kappa shape index (κ2) is 8.70. The van der Waals surface area contributed by atoms with E-state index in [1.54, 1.807) is 0 Å². The Morgan fingerprint density at radius 3 is 2.73 bits per heavy atom. The summed E-state index contributed by atoms with van der Waals surface area (Å²) in [6.07, 6.45) is 1.17. The molecule has 0 fully saturated rings. The number of carbonyl (C=O) groups is 1. The van der Waals surface area contributed by atoms with Crippen molar-refractivity contribution in [2.45, 2.75) is 0 Å². The van der Waals surface area contributed by atoms with E-state index in [-0.39, 0.29) is 15.8 Å². The Balaban J connectivity index is 1.94. The fourth-order valence-corrected chi connectivity index (χ4v) is 2.40. The number of halogens is 3. The number of nitrogens with one attached hydrogen (secondary N) is 1. The first-order valence-electron chi connectivity index (χ1n) is 6.84.